The third-order valence-electron chi connectivity index (χ3n) is 8.79. The minimum atomic E-state index is -0.645. The van der Waals surface area contributed by atoms with Crippen molar-refractivity contribution >= 4 is 36.1 Å². The lowest BCUT2D eigenvalue weighted by atomic mass is 10.2. The Bertz CT molecular complexity index is 1420. The number of hydrogen-bond donors (Lipinski definition) is 4. The highest BCUT2D eigenvalue weighted by atomic mass is 16.6. The highest BCUT2D eigenvalue weighted by molar-refractivity contribution is 5.77. The number of hydrogen-bond acceptors (Lipinski definition) is 14. The van der Waals surface area contributed by atoms with Crippen molar-refractivity contribution in [1.29, 1.82) is 0 Å². The van der Waals surface area contributed by atoms with E-state index in [-0.39, 0.29) is 50.3 Å². The molecule has 0 bridgehead atoms. The molecule has 0 aliphatic rings. The monoisotopic (exact) mass is 922 g/mol. The summed E-state index contributed by atoms with van der Waals surface area (Å²) in [6, 6.07) is 9.30. The zero-order valence-electron chi connectivity index (χ0n) is 41.7. The van der Waals surface area contributed by atoms with Gasteiger partial charge in [-0.15, -0.1) is 0 Å². The number of alkyl carbamates (subject to hydrolysis) is 3. The Hall–Kier alpha value is -4.68. The molecule has 0 atom stereocenters. The summed E-state index contributed by atoms with van der Waals surface area (Å²) in [7, 11) is 0. The molecule has 0 heterocycles. The lowest BCUT2D eigenvalue weighted by Crippen LogP contribution is -2.46. The maximum absolute atomic E-state index is 12.9. The zero-order chi connectivity index (χ0) is 49.1. The SMILES string of the molecule is CC(C)(C)OC(=O)CCCN(CCNC(=O)OC(C)(C)C)CCN(CCNC(=O)CCNC(=O)OCc1ccccc1)CCN(CCCC(=O)OC(C)(C)C)CCNC(=O)OC(C)(C)C. The Balaban J connectivity index is 3.09. The molecule has 1 aromatic rings. The van der Waals surface area contributed by atoms with Crippen LogP contribution in [0.1, 0.15) is 121 Å². The third kappa shape index (κ3) is 35.3. The fourth-order valence-corrected chi connectivity index (χ4v) is 6.01. The molecule has 0 aliphatic carbocycles. The molecule has 0 radical (unpaired) electrons. The Labute approximate surface area is 388 Å². The van der Waals surface area contributed by atoms with Crippen LogP contribution in [0.15, 0.2) is 30.3 Å². The van der Waals surface area contributed by atoms with Gasteiger partial charge in [-0.3, -0.25) is 19.3 Å². The second-order valence-electron chi connectivity index (χ2n) is 19.9. The van der Waals surface area contributed by atoms with E-state index in [0.717, 1.165) is 5.56 Å². The molecule has 0 saturated carbocycles. The molecule has 1 aromatic carbocycles. The first-order valence-electron chi connectivity index (χ1n) is 22.9. The fourth-order valence-electron chi connectivity index (χ4n) is 6.01. The standard InChI is InChI=1S/C47H83N7O11/c1-44(2,3)62-39(56)20-16-27-52(30-25-50-42(59)64-46(7,8)9)32-34-54(29-24-48-38(55)22-23-49-41(58)61-36-37-18-14-13-15-19-37)35-33-53(28-17-21-40(57)63-45(4,5)6)31-26-51-43(60)65-47(10,11)12/h13-15,18-19H,16-17,20-36H2,1-12H3,(H,48,55)(H,49,58)(H,50,59)(H,51,60). The number of carbonyl (C=O) groups is 6. The van der Waals surface area contributed by atoms with Crippen LogP contribution in [0.3, 0.4) is 0 Å². The molecule has 1 rings (SSSR count). The quantitative estimate of drug-likeness (QED) is 0.0595. The Morgan fingerprint density at radius 3 is 1.20 bits per heavy atom. The van der Waals surface area contributed by atoms with E-state index < -0.39 is 40.7 Å². The number of ether oxygens (including phenoxy) is 5. The average molecular weight is 922 g/mol. The summed E-state index contributed by atoms with van der Waals surface area (Å²) in [6.07, 6.45) is -0.0285. The molecular weight excluding hydrogens is 839 g/mol. The van der Waals surface area contributed by atoms with Gasteiger partial charge in [-0.25, -0.2) is 14.4 Å². The van der Waals surface area contributed by atoms with Crippen LogP contribution in [-0.2, 0) is 44.7 Å². The van der Waals surface area contributed by atoms with Crippen molar-refractivity contribution in [3.8, 4) is 0 Å². The van der Waals surface area contributed by atoms with Gasteiger partial charge in [0, 0.05) is 91.3 Å². The number of nitrogens with one attached hydrogen (secondary N) is 4. The molecule has 18 nitrogen and oxygen atoms in total. The van der Waals surface area contributed by atoms with Gasteiger partial charge in [0.25, 0.3) is 0 Å². The van der Waals surface area contributed by atoms with Gasteiger partial charge >= 0.3 is 30.2 Å². The van der Waals surface area contributed by atoms with Crippen LogP contribution >= 0.6 is 0 Å². The predicted octanol–water partition coefficient (Wildman–Crippen LogP) is 5.62. The minimum absolute atomic E-state index is 0.0621. The smallest absolute Gasteiger partial charge is 0.407 e. The average Bonchev–Trinajstić information content (AvgIpc) is 3.14. The first kappa shape index (κ1) is 58.3. The Kier molecular flexibility index (Phi) is 26.7. The maximum Gasteiger partial charge on any atom is 0.407 e. The number of rotatable bonds is 28. The van der Waals surface area contributed by atoms with Crippen molar-refractivity contribution in [2.24, 2.45) is 0 Å². The van der Waals surface area contributed by atoms with Gasteiger partial charge in [0.05, 0.1) is 0 Å². The van der Waals surface area contributed by atoms with E-state index in [2.05, 4.69) is 36.0 Å². The summed E-state index contributed by atoms with van der Waals surface area (Å²) in [5.41, 5.74) is -1.62. The van der Waals surface area contributed by atoms with Crippen molar-refractivity contribution in [2.45, 2.75) is 144 Å². The second kappa shape index (κ2) is 29.8. The van der Waals surface area contributed by atoms with Gasteiger partial charge in [0.1, 0.15) is 29.0 Å². The summed E-state index contributed by atoms with van der Waals surface area (Å²) < 4.78 is 27.1. The van der Waals surface area contributed by atoms with E-state index in [1.807, 2.05) is 71.9 Å². The molecule has 0 spiro atoms. The van der Waals surface area contributed by atoms with Crippen LogP contribution in [0, 0.1) is 0 Å². The molecule has 372 valence electrons. The molecule has 4 amide bonds. The fraction of sp³-hybridized carbons (Fsp3) is 0.745. The first-order chi connectivity index (χ1) is 30.2. The van der Waals surface area contributed by atoms with Gasteiger partial charge in [-0.05, 0) is 115 Å². The van der Waals surface area contributed by atoms with Gasteiger partial charge in [0.15, 0.2) is 0 Å². The summed E-state index contributed by atoms with van der Waals surface area (Å²) in [6.45, 7) is 27.9. The number of carbonyl (C=O) groups excluding carboxylic acids is 6. The van der Waals surface area contributed by atoms with E-state index >= 15 is 0 Å². The van der Waals surface area contributed by atoms with Gasteiger partial charge in [0.2, 0.25) is 5.91 Å². The van der Waals surface area contributed by atoms with E-state index in [4.69, 9.17) is 23.7 Å². The normalized spacial score (nSPS) is 12.1. The van der Waals surface area contributed by atoms with Crippen molar-refractivity contribution in [3.05, 3.63) is 35.9 Å². The molecular formula is C47H83N7O11. The summed E-state index contributed by atoms with van der Waals surface area (Å²) in [5, 5.41) is 11.2. The molecule has 4 N–H and O–H groups in total. The highest BCUT2D eigenvalue weighted by Crippen LogP contribution is 2.12. The summed E-state index contributed by atoms with van der Waals surface area (Å²) >= 11 is 0. The van der Waals surface area contributed by atoms with Crippen LogP contribution in [0.2, 0.25) is 0 Å². The summed E-state index contributed by atoms with van der Waals surface area (Å²) in [5.74, 6) is -0.801. The van der Waals surface area contributed by atoms with Crippen LogP contribution in [0.25, 0.3) is 0 Å². The lowest BCUT2D eigenvalue weighted by Gasteiger charge is -2.31. The number of benzene rings is 1. The maximum atomic E-state index is 12.9. The predicted molar refractivity (Wildman–Crippen MR) is 250 cm³/mol. The largest absolute Gasteiger partial charge is 0.460 e. The van der Waals surface area contributed by atoms with E-state index in [1.165, 1.54) is 0 Å². The molecule has 0 saturated heterocycles. The second-order valence-corrected chi connectivity index (χ2v) is 19.9. The molecule has 0 aromatic heterocycles. The van der Waals surface area contributed by atoms with Gasteiger partial charge < -0.3 is 54.8 Å². The minimum Gasteiger partial charge on any atom is -0.460 e. The Morgan fingerprint density at radius 2 is 0.800 bits per heavy atom. The van der Waals surface area contributed by atoms with Crippen molar-refractivity contribution in [1.82, 2.24) is 36.0 Å². The molecule has 65 heavy (non-hydrogen) atoms. The van der Waals surface area contributed by atoms with E-state index in [0.29, 0.717) is 91.4 Å². The van der Waals surface area contributed by atoms with E-state index in [9.17, 15) is 28.8 Å². The van der Waals surface area contributed by atoms with Crippen LogP contribution in [0.4, 0.5) is 14.4 Å². The zero-order valence-corrected chi connectivity index (χ0v) is 41.7. The van der Waals surface area contributed by atoms with Crippen molar-refractivity contribution < 1.29 is 52.5 Å². The van der Waals surface area contributed by atoms with E-state index in [1.54, 1.807) is 41.5 Å². The molecule has 0 unspecified atom stereocenters. The van der Waals surface area contributed by atoms with Gasteiger partial charge in [-0.1, -0.05) is 30.3 Å². The first-order valence-corrected chi connectivity index (χ1v) is 22.9. The van der Waals surface area contributed by atoms with Crippen LogP contribution in [-0.4, -0.2) is 158 Å². The number of esters is 2. The van der Waals surface area contributed by atoms with Crippen molar-refractivity contribution in [2.75, 3.05) is 85.1 Å². The van der Waals surface area contributed by atoms with Crippen molar-refractivity contribution in [3.63, 3.8) is 0 Å². The topological polar surface area (TPSA) is 206 Å². The number of nitrogens with zero attached hydrogens (tertiary/aromatic N) is 3. The molecule has 18 heteroatoms. The highest BCUT2D eigenvalue weighted by Gasteiger charge is 2.21. The van der Waals surface area contributed by atoms with Gasteiger partial charge in [-0.2, -0.15) is 0 Å². The summed E-state index contributed by atoms with van der Waals surface area (Å²) in [4.78, 5) is 81.6. The van der Waals surface area contributed by atoms with Crippen LogP contribution < -0.4 is 21.3 Å². The lowest BCUT2D eigenvalue weighted by molar-refractivity contribution is -0.156. The Morgan fingerprint density at radius 1 is 0.431 bits per heavy atom. The molecule has 0 aliphatic heterocycles. The number of amides is 4. The molecule has 0 fully saturated rings. The third-order valence-corrected chi connectivity index (χ3v) is 8.79. The van der Waals surface area contributed by atoms with Crippen LogP contribution in [0.5, 0.6) is 0 Å².